The second-order valence-corrected chi connectivity index (χ2v) is 4.70. The van der Waals surface area contributed by atoms with E-state index in [4.69, 9.17) is 9.47 Å². The third-order valence-electron chi connectivity index (χ3n) is 3.53. The first-order valence-corrected chi connectivity index (χ1v) is 6.76. The number of rotatable bonds is 3. The normalized spacial score (nSPS) is 18.4. The number of ether oxygens (including phenoxy) is 2. The van der Waals surface area contributed by atoms with Crippen LogP contribution in [0.3, 0.4) is 0 Å². The van der Waals surface area contributed by atoms with Crippen molar-refractivity contribution in [1.29, 1.82) is 0 Å². The summed E-state index contributed by atoms with van der Waals surface area (Å²) in [6, 6.07) is 4.31. The highest BCUT2D eigenvalue weighted by molar-refractivity contribution is 5.65. The van der Waals surface area contributed by atoms with Crippen molar-refractivity contribution in [3.05, 3.63) is 17.7 Å². The van der Waals surface area contributed by atoms with Gasteiger partial charge in [0.2, 0.25) is 0 Å². The Morgan fingerprint density at radius 1 is 1.33 bits per heavy atom. The molecule has 1 aromatic carbocycles. The standard InChI is InChI=1S/C14H20N2O2/c1-2-17-14-9-11-3-8-18-13(11)10-12(14)16-6-4-15-5-7-16/h9-10,15H,2-8H2,1H3. The summed E-state index contributed by atoms with van der Waals surface area (Å²) in [5.74, 6) is 2.04. The van der Waals surface area contributed by atoms with Gasteiger partial charge < -0.3 is 19.7 Å². The summed E-state index contributed by atoms with van der Waals surface area (Å²) in [6.45, 7) is 7.65. The monoisotopic (exact) mass is 248 g/mol. The summed E-state index contributed by atoms with van der Waals surface area (Å²) < 4.78 is 11.5. The van der Waals surface area contributed by atoms with Crippen molar-refractivity contribution in [3.8, 4) is 11.5 Å². The van der Waals surface area contributed by atoms with Gasteiger partial charge in [-0.3, -0.25) is 0 Å². The minimum absolute atomic E-state index is 0.707. The molecule has 0 aromatic heterocycles. The maximum Gasteiger partial charge on any atom is 0.143 e. The van der Waals surface area contributed by atoms with E-state index in [0.29, 0.717) is 6.61 Å². The fraction of sp³-hybridized carbons (Fsp3) is 0.571. The molecule has 2 aliphatic heterocycles. The zero-order chi connectivity index (χ0) is 12.4. The smallest absolute Gasteiger partial charge is 0.143 e. The molecule has 2 heterocycles. The number of nitrogens with one attached hydrogen (secondary N) is 1. The predicted molar refractivity (Wildman–Crippen MR) is 71.9 cm³/mol. The summed E-state index contributed by atoms with van der Waals surface area (Å²) in [5, 5.41) is 3.37. The van der Waals surface area contributed by atoms with Gasteiger partial charge in [-0.05, 0) is 13.0 Å². The molecule has 98 valence electrons. The quantitative estimate of drug-likeness (QED) is 0.877. The van der Waals surface area contributed by atoms with Gasteiger partial charge in [0.25, 0.3) is 0 Å². The first-order valence-electron chi connectivity index (χ1n) is 6.76. The van der Waals surface area contributed by atoms with Gasteiger partial charge in [-0.15, -0.1) is 0 Å². The van der Waals surface area contributed by atoms with Crippen LogP contribution < -0.4 is 19.7 Å². The van der Waals surface area contributed by atoms with E-state index in [-0.39, 0.29) is 0 Å². The van der Waals surface area contributed by atoms with Crippen molar-refractivity contribution >= 4 is 5.69 Å². The molecule has 1 aromatic rings. The first-order chi connectivity index (χ1) is 8.88. The van der Waals surface area contributed by atoms with Gasteiger partial charge >= 0.3 is 0 Å². The molecule has 4 heteroatoms. The fourth-order valence-electron chi connectivity index (χ4n) is 2.62. The average Bonchev–Trinajstić information content (AvgIpc) is 2.86. The lowest BCUT2D eigenvalue weighted by Gasteiger charge is -2.31. The zero-order valence-corrected chi connectivity index (χ0v) is 10.9. The van der Waals surface area contributed by atoms with Gasteiger partial charge in [0.1, 0.15) is 11.5 Å². The molecule has 1 fully saturated rings. The lowest BCUT2D eigenvalue weighted by atomic mass is 10.1. The van der Waals surface area contributed by atoms with Crippen LogP contribution in [0.25, 0.3) is 0 Å². The Labute approximate surface area is 108 Å². The van der Waals surface area contributed by atoms with Crippen LogP contribution in [-0.2, 0) is 6.42 Å². The van der Waals surface area contributed by atoms with Crippen LogP contribution in [0, 0.1) is 0 Å². The minimum atomic E-state index is 0.707. The Hall–Kier alpha value is -1.42. The van der Waals surface area contributed by atoms with Crippen LogP contribution in [0.15, 0.2) is 12.1 Å². The van der Waals surface area contributed by atoms with Crippen LogP contribution in [0.4, 0.5) is 5.69 Å². The molecule has 0 aliphatic carbocycles. The lowest BCUT2D eigenvalue weighted by Crippen LogP contribution is -2.43. The van der Waals surface area contributed by atoms with Gasteiger partial charge in [-0.25, -0.2) is 0 Å². The van der Waals surface area contributed by atoms with Crippen LogP contribution >= 0.6 is 0 Å². The van der Waals surface area contributed by atoms with Gasteiger partial charge in [0.15, 0.2) is 0 Å². The average molecular weight is 248 g/mol. The maximum absolute atomic E-state index is 5.80. The summed E-state index contributed by atoms with van der Waals surface area (Å²) in [5.41, 5.74) is 2.45. The zero-order valence-electron chi connectivity index (χ0n) is 10.9. The van der Waals surface area contributed by atoms with Crippen molar-refractivity contribution in [3.63, 3.8) is 0 Å². The third-order valence-corrected chi connectivity index (χ3v) is 3.53. The van der Waals surface area contributed by atoms with E-state index >= 15 is 0 Å². The molecule has 0 saturated carbocycles. The molecule has 0 bridgehead atoms. The number of nitrogens with zero attached hydrogens (tertiary/aromatic N) is 1. The molecule has 1 N–H and O–H groups in total. The number of hydrogen-bond acceptors (Lipinski definition) is 4. The molecule has 0 atom stereocenters. The van der Waals surface area contributed by atoms with Crippen LogP contribution in [0.2, 0.25) is 0 Å². The summed E-state index contributed by atoms with van der Waals surface area (Å²) >= 11 is 0. The SMILES string of the molecule is CCOc1cc2c(cc1N1CCNCC1)OCC2. The van der Waals surface area contributed by atoms with E-state index in [1.54, 1.807) is 0 Å². The predicted octanol–water partition coefficient (Wildman–Crippen LogP) is 1.43. The number of fused-ring (bicyclic) bond motifs is 1. The highest BCUT2D eigenvalue weighted by Crippen LogP contribution is 2.38. The van der Waals surface area contributed by atoms with Crippen LogP contribution in [0.1, 0.15) is 12.5 Å². The molecular formula is C14H20N2O2. The number of anilines is 1. The second kappa shape index (κ2) is 5.06. The second-order valence-electron chi connectivity index (χ2n) is 4.70. The van der Waals surface area contributed by atoms with Crippen molar-refractivity contribution < 1.29 is 9.47 Å². The van der Waals surface area contributed by atoms with E-state index in [1.165, 1.54) is 11.3 Å². The van der Waals surface area contributed by atoms with Gasteiger partial charge in [-0.2, -0.15) is 0 Å². The Bertz CT molecular complexity index is 428. The third kappa shape index (κ3) is 2.12. The van der Waals surface area contributed by atoms with E-state index in [1.807, 2.05) is 6.92 Å². The number of benzene rings is 1. The molecule has 0 spiro atoms. The molecule has 2 aliphatic rings. The molecule has 0 amide bonds. The molecule has 1 saturated heterocycles. The highest BCUT2D eigenvalue weighted by atomic mass is 16.5. The fourth-order valence-corrected chi connectivity index (χ4v) is 2.62. The van der Waals surface area contributed by atoms with E-state index in [9.17, 15) is 0 Å². The van der Waals surface area contributed by atoms with Crippen LogP contribution in [0.5, 0.6) is 11.5 Å². The maximum atomic E-state index is 5.80. The van der Waals surface area contributed by atoms with Gasteiger partial charge in [0.05, 0.1) is 18.9 Å². The largest absolute Gasteiger partial charge is 0.493 e. The van der Waals surface area contributed by atoms with Crippen molar-refractivity contribution in [2.75, 3.05) is 44.3 Å². The summed E-state index contributed by atoms with van der Waals surface area (Å²) in [7, 11) is 0. The highest BCUT2D eigenvalue weighted by Gasteiger charge is 2.21. The Balaban J connectivity index is 1.94. The van der Waals surface area contributed by atoms with E-state index < -0.39 is 0 Å². The van der Waals surface area contributed by atoms with Crippen LogP contribution in [-0.4, -0.2) is 39.4 Å². The van der Waals surface area contributed by atoms with E-state index in [0.717, 1.165) is 50.7 Å². The molecule has 0 radical (unpaired) electrons. The molecule has 4 nitrogen and oxygen atoms in total. The molecule has 0 unspecified atom stereocenters. The Morgan fingerprint density at radius 3 is 2.94 bits per heavy atom. The molecular weight excluding hydrogens is 228 g/mol. The number of hydrogen-bond donors (Lipinski definition) is 1. The minimum Gasteiger partial charge on any atom is -0.493 e. The van der Waals surface area contributed by atoms with Crippen molar-refractivity contribution in [2.24, 2.45) is 0 Å². The number of piperazine rings is 1. The Kier molecular flexibility index (Phi) is 3.28. The first kappa shape index (κ1) is 11.7. The molecule has 18 heavy (non-hydrogen) atoms. The van der Waals surface area contributed by atoms with Gasteiger partial charge in [0, 0.05) is 44.2 Å². The summed E-state index contributed by atoms with van der Waals surface area (Å²) in [4.78, 5) is 2.38. The van der Waals surface area contributed by atoms with Crippen molar-refractivity contribution in [1.82, 2.24) is 5.32 Å². The van der Waals surface area contributed by atoms with E-state index in [2.05, 4.69) is 22.3 Å². The van der Waals surface area contributed by atoms with Gasteiger partial charge in [-0.1, -0.05) is 0 Å². The lowest BCUT2D eigenvalue weighted by molar-refractivity contribution is 0.338. The summed E-state index contributed by atoms with van der Waals surface area (Å²) in [6.07, 6.45) is 0.997. The molecule has 3 rings (SSSR count). The van der Waals surface area contributed by atoms with Crippen molar-refractivity contribution in [2.45, 2.75) is 13.3 Å². The Morgan fingerprint density at radius 2 is 2.17 bits per heavy atom. The topological polar surface area (TPSA) is 33.7 Å².